The number of thiophene rings is 1. The van der Waals surface area contributed by atoms with Crippen LogP contribution in [0.25, 0.3) is 0 Å². The molecular weight excluding hydrogens is 272 g/mol. The van der Waals surface area contributed by atoms with Crippen molar-refractivity contribution in [2.45, 2.75) is 32.5 Å². The van der Waals surface area contributed by atoms with Crippen LogP contribution in [0.3, 0.4) is 0 Å². The van der Waals surface area contributed by atoms with Crippen LogP contribution in [-0.2, 0) is 6.54 Å². The molecule has 2 atom stereocenters. The zero-order valence-corrected chi connectivity index (χ0v) is 11.6. The standard InChI is InChI=1S/C11H17BrN2S/c1-8-5-13-6-9(2)14(8)7-10-3-4-11(12)15-10/h3-4,8-9,13H,5-7H2,1-2H3/t8-,9+. The van der Waals surface area contributed by atoms with Gasteiger partial charge in [0, 0.05) is 36.6 Å². The van der Waals surface area contributed by atoms with Crippen LogP contribution in [0.1, 0.15) is 18.7 Å². The van der Waals surface area contributed by atoms with Crippen LogP contribution in [0.5, 0.6) is 0 Å². The minimum absolute atomic E-state index is 0.634. The quantitative estimate of drug-likeness (QED) is 0.900. The minimum atomic E-state index is 0.634. The van der Waals surface area contributed by atoms with E-state index in [-0.39, 0.29) is 0 Å². The van der Waals surface area contributed by atoms with E-state index in [1.165, 1.54) is 8.66 Å². The maximum Gasteiger partial charge on any atom is 0.0701 e. The number of rotatable bonds is 2. The normalized spacial score (nSPS) is 28.2. The molecule has 0 radical (unpaired) electrons. The number of halogens is 1. The van der Waals surface area contributed by atoms with Gasteiger partial charge in [-0.05, 0) is 41.9 Å². The maximum absolute atomic E-state index is 3.51. The maximum atomic E-state index is 3.51. The number of hydrogen-bond donors (Lipinski definition) is 1. The molecule has 0 aromatic carbocycles. The largest absolute Gasteiger partial charge is 0.314 e. The van der Waals surface area contributed by atoms with Gasteiger partial charge < -0.3 is 5.32 Å². The first kappa shape index (κ1) is 11.6. The summed E-state index contributed by atoms with van der Waals surface area (Å²) >= 11 is 5.35. The number of piperazine rings is 1. The van der Waals surface area contributed by atoms with E-state index in [9.17, 15) is 0 Å². The highest BCUT2D eigenvalue weighted by Crippen LogP contribution is 2.25. The molecule has 1 aromatic heterocycles. The molecule has 1 fully saturated rings. The molecule has 2 rings (SSSR count). The lowest BCUT2D eigenvalue weighted by Gasteiger charge is -2.39. The van der Waals surface area contributed by atoms with E-state index in [0.29, 0.717) is 12.1 Å². The zero-order chi connectivity index (χ0) is 10.8. The fourth-order valence-electron chi connectivity index (χ4n) is 2.10. The molecule has 1 aliphatic heterocycles. The van der Waals surface area contributed by atoms with Gasteiger partial charge in [-0.25, -0.2) is 0 Å². The highest BCUT2D eigenvalue weighted by molar-refractivity contribution is 9.11. The summed E-state index contributed by atoms with van der Waals surface area (Å²) < 4.78 is 1.23. The van der Waals surface area contributed by atoms with Gasteiger partial charge in [-0.2, -0.15) is 0 Å². The topological polar surface area (TPSA) is 15.3 Å². The Balaban J connectivity index is 2.03. The predicted molar refractivity (Wildman–Crippen MR) is 69.4 cm³/mol. The van der Waals surface area contributed by atoms with Crippen LogP contribution in [0, 0.1) is 0 Å². The number of hydrogen-bond acceptors (Lipinski definition) is 3. The SMILES string of the molecule is C[C@@H]1CNC[C@H](C)N1Cc1ccc(Br)s1. The summed E-state index contributed by atoms with van der Waals surface area (Å²) in [5.41, 5.74) is 0. The molecule has 2 nitrogen and oxygen atoms in total. The lowest BCUT2D eigenvalue weighted by Crippen LogP contribution is -2.54. The first-order valence-corrected chi connectivity index (χ1v) is 6.98. The van der Waals surface area contributed by atoms with Crippen molar-refractivity contribution in [3.05, 3.63) is 20.8 Å². The first-order chi connectivity index (χ1) is 7.16. The van der Waals surface area contributed by atoms with Crippen molar-refractivity contribution in [2.24, 2.45) is 0 Å². The van der Waals surface area contributed by atoms with Crippen LogP contribution in [0.15, 0.2) is 15.9 Å². The smallest absolute Gasteiger partial charge is 0.0701 e. The Hall–Kier alpha value is 0.1000. The van der Waals surface area contributed by atoms with E-state index in [1.54, 1.807) is 0 Å². The predicted octanol–water partition coefficient (Wildman–Crippen LogP) is 2.69. The molecule has 1 N–H and O–H groups in total. The Bertz CT molecular complexity index is 316. The number of nitrogens with zero attached hydrogens (tertiary/aromatic N) is 1. The second kappa shape index (κ2) is 4.95. The summed E-state index contributed by atoms with van der Waals surface area (Å²) in [7, 11) is 0. The summed E-state index contributed by atoms with van der Waals surface area (Å²) in [6, 6.07) is 5.62. The third-order valence-corrected chi connectivity index (χ3v) is 4.59. The Morgan fingerprint density at radius 1 is 1.40 bits per heavy atom. The molecule has 4 heteroatoms. The van der Waals surface area contributed by atoms with Gasteiger partial charge in [0.1, 0.15) is 0 Å². The second-order valence-corrected chi connectivity index (χ2v) is 6.78. The fourth-order valence-corrected chi connectivity index (χ4v) is 3.59. The minimum Gasteiger partial charge on any atom is -0.314 e. The van der Waals surface area contributed by atoms with Gasteiger partial charge in [0.2, 0.25) is 0 Å². The average molecular weight is 289 g/mol. The average Bonchev–Trinajstić information content (AvgIpc) is 2.58. The van der Waals surface area contributed by atoms with Crippen molar-refractivity contribution in [3.63, 3.8) is 0 Å². The molecule has 0 saturated carbocycles. The molecule has 0 spiro atoms. The molecule has 0 aliphatic carbocycles. The van der Waals surface area contributed by atoms with E-state index >= 15 is 0 Å². The third-order valence-electron chi connectivity index (χ3n) is 2.98. The van der Waals surface area contributed by atoms with Gasteiger partial charge in [-0.15, -0.1) is 11.3 Å². The van der Waals surface area contributed by atoms with Crippen LogP contribution in [0.2, 0.25) is 0 Å². The molecule has 0 bridgehead atoms. The molecular formula is C11H17BrN2S. The molecule has 1 aliphatic rings. The molecule has 1 aromatic rings. The van der Waals surface area contributed by atoms with Crippen LogP contribution >= 0.6 is 27.3 Å². The Morgan fingerprint density at radius 3 is 2.60 bits per heavy atom. The van der Waals surface area contributed by atoms with Gasteiger partial charge >= 0.3 is 0 Å². The van der Waals surface area contributed by atoms with Crippen LogP contribution in [0.4, 0.5) is 0 Å². The van der Waals surface area contributed by atoms with Crippen molar-refractivity contribution >= 4 is 27.3 Å². The van der Waals surface area contributed by atoms with Crippen molar-refractivity contribution < 1.29 is 0 Å². The van der Waals surface area contributed by atoms with E-state index < -0.39 is 0 Å². The van der Waals surface area contributed by atoms with E-state index in [0.717, 1.165) is 19.6 Å². The lowest BCUT2D eigenvalue weighted by molar-refractivity contribution is 0.110. The molecule has 15 heavy (non-hydrogen) atoms. The Labute approximate surface area is 104 Å². The van der Waals surface area contributed by atoms with Gasteiger partial charge in [0.15, 0.2) is 0 Å². The van der Waals surface area contributed by atoms with Gasteiger partial charge in [0.05, 0.1) is 3.79 Å². The Morgan fingerprint density at radius 2 is 2.07 bits per heavy atom. The van der Waals surface area contributed by atoms with Crippen molar-refractivity contribution in [3.8, 4) is 0 Å². The first-order valence-electron chi connectivity index (χ1n) is 5.37. The second-order valence-electron chi connectivity index (χ2n) is 4.23. The molecule has 84 valence electrons. The highest BCUT2D eigenvalue weighted by atomic mass is 79.9. The van der Waals surface area contributed by atoms with Crippen LogP contribution < -0.4 is 5.32 Å². The van der Waals surface area contributed by atoms with Gasteiger partial charge in [0.25, 0.3) is 0 Å². The van der Waals surface area contributed by atoms with Crippen molar-refractivity contribution in [2.75, 3.05) is 13.1 Å². The van der Waals surface area contributed by atoms with Crippen molar-refractivity contribution in [1.29, 1.82) is 0 Å². The van der Waals surface area contributed by atoms with Crippen LogP contribution in [-0.4, -0.2) is 30.1 Å². The summed E-state index contributed by atoms with van der Waals surface area (Å²) in [5, 5.41) is 3.46. The van der Waals surface area contributed by atoms with Gasteiger partial charge in [-0.3, -0.25) is 4.90 Å². The number of nitrogens with one attached hydrogen (secondary N) is 1. The highest BCUT2D eigenvalue weighted by Gasteiger charge is 2.24. The van der Waals surface area contributed by atoms with Gasteiger partial charge in [-0.1, -0.05) is 0 Å². The molecule has 0 unspecified atom stereocenters. The molecule has 0 amide bonds. The zero-order valence-electron chi connectivity index (χ0n) is 9.16. The summed E-state index contributed by atoms with van der Waals surface area (Å²) in [6.07, 6.45) is 0. The summed E-state index contributed by atoms with van der Waals surface area (Å²) in [4.78, 5) is 4.02. The molecule has 1 saturated heterocycles. The molecule has 2 heterocycles. The summed E-state index contributed by atoms with van der Waals surface area (Å²) in [6.45, 7) is 7.89. The summed E-state index contributed by atoms with van der Waals surface area (Å²) in [5.74, 6) is 0. The van der Waals surface area contributed by atoms with Crippen molar-refractivity contribution in [1.82, 2.24) is 10.2 Å². The lowest BCUT2D eigenvalue weighted by atomic mass is 10.1. The monoisotopic (exact) mass is 288 g/mol. The Kier molecular flexibility index (Phi) is 3.83. The third kappa shape index (κ3) is 2.81. The fraction of sp³-hybridized carbons (Fsp3) is 0.636. The van der Waals surface area contributed by atoms with E-state index in [4.69, 9.17) is 0 Å². The van der Waals surface area contributed by atoms with E-state index in [2.05, 4.69) is 52.1 Å². The van der Waals surface area contributed by atoms with E-state index in [1.807, 2.05) is 11.3 Å².